The average molecular weight is 413 g/mol. The number of nitrogens with zero attached hydrogens (tertiary/aromatic N) is 4. The van der Waals surface area contributed by atoms with Crippen LogP contribution < -0.4 is 10.3 Å². The van der Waals surface area contributed by atoms with Crippen LogP contribution in [0.5, 0.6) is 0 Å². The smallest absolute Gasteiger partial charge is 0.270 e. The quantitative estimate of drug-likeness (QED) is 0.416. The number of morpholine rings is 1. The summed E-state index contributed by atoms with van der Waals surface area (Å²) in [7, 11) is 0. The molecule has 1 fully saturated rings. The molecule has 0 bridgehead atoms. The summed E-state index contributed by atoms with van der Waals surface area (Å²) in [6, 6.07) is 10.1. The van der Waals surface area contributed by atoms with Crippen molar-refractivity contribution in [2.75, 3.05) is 31.2 Å². The number of ether oxygens (including phenoxy) is 1. The first-order valence-electron chi connectivity index (χ1n) is 9.10. The number of non-ortho nitro benzene ring substituents is 2. The minimum absolute atomic E-state index is 0.0133. The summed E-state index contributed by atoms with van der Waals surface area (Å²) >= 11 is 0. The lowest BCUT2D eigenvalue weighted by Gasteiger charge is -2.29. The lowest BCUT2D eigenvalue weighted by Crippen LogP contribution is -2.36. The number of nitrogens with one attached hydrogen (secondary N) is 1. The molecule has 2 aromatic carbocycles. The highest BCUT2D eigenvalue weighted by molar-refractivity contribution is 5.90. The Kier molecular flexibility index (Phi) is 6.65. The molecule has 1 amide bonds. The first-order valence-corrected chi connectivity index (χ1v) is 9.10. The molecule has 3 rings (SSSR count). The third-order valence-corrected chi connectivity index (χ3v) is 4.48. The number of carbonyl (C=O) groups is 1. The van der Waals surface area contributed by atoms with Gasteiger partial charge in [0.25, 0.3) is 11.4 Å². The molecular formula is C19H19N5O6. The zero-order chi connectivity index (χ0) is 21.5. The Hall–Kier alpha value is -3.86. The SMILES string of the molecule is O=C(Cc1ccc([N+](=O)[O-])cc1)N/N=C\c1cc([N+](=O)[O-])ccc1N1CCOCC1. The summed E-state index contributed by atoms with van der Waals surface area (Å²) in [6.07, 6.45) is 1.35. The van der Waals surface area contributed by atoms with Crippen LogP contribution >= 0.6 is 0 Å². The lowest BCUT2D eigenvalue weighted by molar-refractivity contribution is -0.385. The number of carbonyl (C=O) groups excluding carboxylic acids is 1. The Bertz CT molecular complexity index is 970. The van der Waals surface area contributed by atoms with E-state index in [1.807, 2.05) is 4.90 Å². The van der Waals surface area contributed by atoms with Gasteiger partial charge in [0, 0.05) is 48.6 Å². The van der Waals surface area contributed by atoms with Gasteiger partial charge < -0.3 is 9.64 Å². The van der Waals surface area contributed by atoms with Crippen LogP contribution in [0, 0.1) is 20.2 Å². The minimum atomic E-state index is -0.515. The zero-order valence-corrected chi connectivity index (χ0v) is 15.9. The highest BCUT2D eigenvalue weighted by Crippen LogP contribution is 2.25. The molecule has 1 aliphatic heterocycles. The van der Waals surface area contributed by atoms with Crippen LogP contribution in [0.25, 0.3) is 0 Å². The number of amides is 1. The third-order valence-electron chi connectivity index (χ3n) is 4.48. The van der Waals surface area contributed by atoms with Crippen LogP contribution in [-0.2, 0) is 16.0 Å². The second-order valence-electron chi connectivity index (χ2n) is 6.49. The van der Waals surface area contributed by atoms with Gasteiger partial charge in [-0.1, -0.05) is 12.1 Å². The van der Waals surface area contributed by atoms with Gasteiger partial charge in [0.05, 0.1) is 35.7 Å². The van der Waals surface area contributed by atoms with E-state index in [2.05, 4.69) is 10.5 Å². The first-order chi connectivity index (χ1) is 14.4. The number of hydrazone groups is 1. The summed E-state index contributed by atoms with van der Waals surface area (Å²) in [6.45, 7) is 2.40. The molecule has 0 aromatic heterocycles. The van der Waals surface area contributed by atoms with Gasteiger partial charge in [-0.3, -0.25) is 25.0 Å². The van der Waals surface area contributed by atoms with Crippen molar-refractivity contribution < 1.29 is 19.4 Å². The maximum Gasteiger partial charge on any atom is 0.270 e. The van der Waals surface area contributed by atoms with Crippen molar-refractivity contribution in [1.82, 2.24) is 5.43 Å². The van der Waals surface area contributed by atoms with Crippen LogP contribution in [0.4, 0.5) is 17.1 Å². The molecule has 2 aromatic rings. The number of nitro groups is 2. The topological polar surface area (TPSA) is 140 Å². The second-order valence-corrected chi connectivity index (χ2v) is 6.49. The fraction of sp³-hybridized carbons (Fsp3) is 0.263. The molecule has 0 spiro atoms. The van der Waals surface area contributed by atoms with E-state index in [4.69, 9.17) is 4.74 Å². The molecule has 0 saturated carbocycles. The van der Waals surface area contributed by atoms with Crippen LogP contribution in [-0.4, -0.2) is 48.3 Å². The van der Waals surface area contributed by atoms with Crippen molar-refractivity contribution in [3.05, 3.63) is 73.8 Å². The normalized spacial score (nSPS) is 13.9. The van der Waals surface area contributed by atoms with Crippen molar-refractivity contribution >= 4 is 29.2 Å². The largest absolute Gasteiger partial charge is 0.378 e. The molecule has 0 atom stereocenters. The molecule has 30 heavy (non-hydrogen) atoms. The number of anilines is 1. The van der Waals surface area contributed by atoms with Crippen molar-refractivity contribution in [2.45, 2.75) is 6.42 Å². The molecule has 1 aliphatic rings. The molecule has 0 aliphatic carbocycles. The van der Waals surface area contributed by atoms with Crippen LogP contribution in [0.1, 0.15) is 11.1 Å². The fourth-order valence-corrected chi connectivity index (χ4v) is 2.99. The summed E-state index contributed by atoms with van der Waals surface area (Å²) < 4.78 is 5.33. The van der Waals surface area contributed by atoms with E-state index in [0.29, 0.717) is 37.4 Å². The number of benzene rings is 2. The Morgan fingerprint density at radius 1 is 1.07 bits per heavy atom. The molecule has 11 heteroatoms. The van der Waals surface area contributed by atoms with Gasteiger partial charge >= 0.3 is 0 Å². The summed E-state index contributed by atoms with van der Waals surface area (Å²) in [4.78, 5) is 34.9. The van der Waals surface area contributed by atoms with E-state index in [1.165, 1.54) is 42.6 Å². The number of hydrogen-bond donors (Lipinski definition) is 1. The summed E-state index contributed by atoms with van der Waals surface area (Å²) in [5.41, 5.74) is 4.10. The fourth-order valence-electron chi connectivity index (χ4n) is 2.99. The predicted molar refractivity (Wildman–Crippen MR) is 109 cm³/mol. The van der Waals surface area contributed by atoms with E-state index >= 15 is 0 Å². The second kappa shape index (κ2) is 9.56. The van der Waals surface area contributed by atoms with Crippen molar-refractivity contribution in [2.24, 2.45) is 5.10 Å². The molecule has 1 heterocycles. The molecule has 156 valence electrons. The summed E-state index contributed by atoms with van der Waals surface area (Å²) in [5, 5.41) is 25.7. The van der Waals surface area contributed by atoms with Crippen LogP contribution in [0.3, 0.4) is 0 Å². The molecule has 0 unspecified atom stereocenters. The molecular weight excluding hydrogens is 394 g/mol. The highest BCUT2D eigenvalue weighted by atomic mass is 16.6. The molecule has 1 N–H and O–H groups in total. The molecule has 1 saturated heterocycles. The Labute approximate surface area is 171 Å². The number of hydrogen-bond acceptors (Lipinski definition) is 8. The van der Waals surface area contributed by atoms with Gasteiger partial charge in [0.15, 0.2) is 0 Å². The number of nitro benzene ring substituents is 2. The van der Waals surface area contributed by atoms with Gasteiger partial charge in [-0.2, -0.15) is 5.10 Å². The molecule has 11 nitrogen and oxygen atoms in total. The number of rotatable bonds is 7. The van der Waals surface area contributed by atoms with Crippen LogP contribution in [0.15, 0.2) is 47.6 Å². The standard InChI is InChI=1S/C19H19N5O6/c25-19(11-14-1-3-16(4-2-14)23(26)27)21-20-13-15-12-17(24(28)29)5-6-18(15)22-7-9-30-10-8-22/h1-6,12-13H,7-11H2,(H,21,25)/b20-13-. The van der Waals surface area contributed by atoms with E-state index in [0.717, 1.165) is 5.69 Å². The van der Waals surface area contributed by atoms with Crippen LogP contribution in [0.2, 0.25) is 0 Å². The average Bonchev–Trinajstić information content (AvgIpc) is 2.74. The minimum Gasteiger partial charge on any atom is -0.378 e. The van der Waals surface area contributed by atoms with Gasteiger partial charge in [-0.15, -0.1) is 0 Å². The first kappa shape index (κ1) is 20.9. The lowest BCUT2D eigenvalue weighted by atomic mass is 10.1. The van der Waals surface area contributed by atoms with Crippen molar-refractivity contribution in [1.29, 1.82) is 0 Å². The Morgan fingerprint density at radius 3 is 2.33 bits per heavy atom. The predicted octanol–water partition coefficient (Wildman–Crippen LogP) is 2.03. The van der Waals surface area contributed by atoms with Gasteiger partial charge in [0.1, 0.15) is 0 Å². The van der Waals surface area contributed by atoms with Crippen molar-refractivity contribution in [3.8, 4) is 0 Å². The van der Waals surface area contributed by atoms with E-state index < -0.39 is 15.8 Å². The van der Waals surface area contributed by atoms with E-state index in [1.54, 1.807) is 6.07 Å². The van der Waals surface area contributed by atoms with E-state index in [9.17, 15) is 25.0 Å². The third kappa shape index (κ3) is 5.35. The van der Waals surface area contributed by atoms with Gasteiger partial charge in [0.2, 0.25) is 5.91 Å². The summed E-state index contributed by atoms with van der Waals surface area (Å²) in [5.74, 6) is -0.418. The van der Waals surface area contributed by atoms with E-state index in [-0.39, 0.29) is 17.8 Å². The van der Waals surface area contributed by atoms with Gasteiger partial charge in [-0.25, -0.2) is 5.43 Å². The van der Waals surface area contributed by atoms with Crippen molar-refractivity contribution in [3.63, 3.8) is 0 Å². The van der Waals surface area contributed by atoms with Gasteiger partial charge in [-0.05, 0) is 11.6 Å². The molecule has 0 radical (unpaired) electrons. The maximum atomic E-state index is 12.1. The Balaban J connectivity index is 1.69. The highest BCUT2D eigenvalue weighted by Gasteiger charge is 2.17. The maximum absolute atomic E-state index is 12.1. The monoisotopic (exact) mass is 413 g/mol. The zero-order valence-electron chi connectivity index (χ0n) is 15.9. The Morgan fingerprint density at radius 2 is 1.70 bits per heavy atom.